The number of carbonyl (C=O) groups excluding carboxylic acids is 2. The third-order valence-corrected chi connectivity index (χ3v) is 3.31. The maximum Gasteiger partial charge on any atom is 0.329 e. The van der Waals surface area contributed by atoms with Crippen LogP contribution in [0.2, 0.25) is 0 Å². The molecule has 0 atom stereocenters. The van der Waals surface area contributed by atoms with E-state index < -0.39 is 23.3 Å². The fraction of sp³-hybridized carbons (Fsp3) is 0.357. The second-order valence-corrected chi connectivity index (χ2v) is 5.12. The van der Waals surface area contributed by atoms with Crippen molar-refractivity contribution in [3.05, 3.63) is 29.8 Å². The molecule has 0 radical (unpaired) electrons. The predicted octanol–water partition coefficient (Wildman–Crippen LogP) is 0.320. The van der Waals surface area contributed by atoms with Crippen molar-refractivity contribution in [2.24, 2.45) is 0 Å². The zero-order valence-corrected chi connectivity index (χ0v) is 12.2. The van der Waals surface area contributed by atoms with E-state index in [1.54, 1.807) is 24.3 Å². The predicted molar refractivity (Wildman–Crippen MR) is 77.7 cm³/mol. The molecule has 1 rings (SSSR count). The molecule has 0 aromatic heterocycles. The van der Waals surface area contributed by atoms with Crippen LogP contribution in [0.25, 0.3) is 0 Å². The summed E-state index contributed by atoms with van der Waals surface area (Å²) >= 11 is 0. The molecule has 21 heavy (non-hydrogen) atoms. The summed E-state index contributed by atoms with van der Waals surface area (Å²) in [4.78, 5) is 35.9. The summed E-state index contributed by atoms with van der Waals surface area (Å²) in [6.45, 7) is 2.54. The number of carboxylic acid groups (broad SMARTS) is 1. The maximum absolute atomic E-state index is 11.9. The van der Waals surface area contributed by atoms with Gasteiger partial charge in [0.05, 0.1) is 6.54 Å². The molecule has 1 aromatic carbocycles. The van der Waals surface area contributed by atoms with Gasteiger partial charge in [-0.1, -0.05) is 0 Å². The van der Waals surface area contributed by atoms with Gasteiger partial charge in [-0.2, -0.15) is 0 Å². The van der Waals surface area contributed by atoms with Gasteiger partial charge in [-0.25, -0.2) is 4.79 Å². The molecule has 0 heterocycles. The number of aliphatic carboxylic acids is 1. The second-order valence-electron chi connectivity index (χ2n) is 5.12. The Morgan fingerprint density at radius 3 is 2.24 bits per heavy atom. The zero-order valence-electron chi connectivity index (χ0n) is 12.2. The number of benzene rings is 1. The van der Waals surface area contributed by atoms with Gasteiger partial charge in [-0.05, 0) is 38.1 Å². The molecule has 4 N–H and O–H groups in total. The number of rotatable bonds is 5. The van der Waals surface area contributed by atoms with Crippen molar-refractivity contribution in [2.75, 3.05) is 19.3 Å². The molecule has 7 heteroatoms. The molecular formula is C14H19N3O4. The molecule has 0 saturated heterocycles. The molecule has 7 nitrogen and oxygen atoms in total. The highest BCUT2D eigenvalue weighted by Crippen LogP contribution is 2.12. The molecular weight excluding hydrogens is 274 g/mol. The van der Waals surface area contributed by atoms with E-state index in [0.29, 0.717) is 11.3 Å². The van der Waals surface area contributed by atoms with Crippen LogP contribution in [-0.4, -0.2) is 46.9 Å². The van der Waals surface area contributed by atoms with Crippen molar-refractivity contribution < 1.29 is 19.5 Å². The number of hydrogen-bond donors (Lipinski definition) is 3. The monoisotopic (exact) mass is 293 g/mol. The third-order valence-electron chi connectivity index (χ3n) is 3.31. The summed E-state index contributed by atoms with van der Waals surface area (Å²) in [5, 5.41) is 11.5. The maximum atomic E-state index is 11.9. The van der Waals surface area contributed by atoms with Gasteiger partial charge in [0.1, 0.15) is 5.54 Å². The van der Waals surface area contributed by atoms with Crippen LogP contribution in [0, 0.1) is 0 Å². The van der Waals surface area contributed by atoms with Crippen molar-refractivity contribution >= 4 is 23.5 Å². The van der Waals surface area contributed by atoms with E-state index in [9.17, 15) is 14.4 Å². The minimum Gasteiger partial charge on any atom is -0.480 e. The number of nitrogens with zero attached hydrogens (tertiary/aromatic N) is 1. The Hall–Kier alpha value is -2.57. The second kappa shape index (κ2) is 6.25. The number of nitrogens with two attached hydrogens (primary N) is 1. The Labute approximate surface area is 122 Å². The van der Waals surface area contributed by atoms with Crippen LogP contribution < -0.4 is 11.1 Å². The van der Waals surface area contributed by atoms with Gasteiger partial charge in [-0.15, -0.1) is 0 Å². The average Bonchev–Trinajstić information content (AvgIpc) is 2.44. The molecule has 0 bridgehead atoms. The van der Waals surface area contributed by atoms with E-state index in [-0.39, 0.29) is 6.54 Å². The lowest BCUT2D eigenvalue weighted by Crippen LogP contribution is -2.53. The van der Waals surface area contributed by atoms with Crippen molar-refractivity contribution in [1.82, 2.24) is 10.2 Å². The number of anilines is 1. The molecule has 2 amide bonds. The van der Waals surface area contributed by atoms with Gasteiger partial charge in [0.15, 0.2) is 0 Å². The molecule has 0 aliphatic heterocycles. The highest BCUT2D eigenvalue weighted by atomic mass is 16.4. The van der Waals surface area contributed by atoms with Crippen molar-refractivity contribution in [3.63, 3.8) is 0 Å². The van der Waals surface area contributed by atoms with Crippen molar-refractivity contribution in [2.45, 2.75) is 19.4 Å². The highest BCUT2D eigenvalue weighted by Gasteiger charge is 2.35. The first-order valence-corrected chi connectivity index (χ1v) is 6.30. The number of amides is 2. The largest absolute Gasteiger partial charge is 0.480 e. The Bertz CT molecular complexity index is 552. The van der Waals surface area contributed by atoms with Crippen molar-refractivity contribution in [1.29, 1.82) is 0 Å². The van der Waals surface area contributed by atoms with Gasteiger partial charge in [0.2, 0.25) is 5.91 Å². The molecule has 1 aromatic rings. The van der Waals surface area contributed by atoms with E-state index in [4.69, 9.17) is 10.8 Å². The number of nitrogens with one attached hydrogen (secondary N) is 1. The lowest BCUT2D eigenvalue weighted by Gasteiger charge is -2.31. The van der Waals surface area contributed by atoms with Crippen LogP contribution in [0.15, 0.2) is 24.3 Å². The van der Waals surface area contributed by atoms with E-state index >= 15 is 0 Å². The van der Waals surface area contributed by atoms with Gasteiger partial charge in [0, 0.05) is 18.3 Å². The quantitative estimate of drug-likeness (QED) is 0.677. The smallest absolute Gasteiger partial charge is 0.329 e. The minimum atomic E-state index is -1.34. The van der Waals surface area contributed by atoms with Crippen molar-refractivity contribution in [3.8, 4) is 0 Å². The van der Waals surface area contributed by atoms with E-state index in [2.05, 4.69) is 5.32 Å². The number of carbonyl (C=O) groups is 3. The van der Waals surface area contributed by atoms with E-state index in [1.165, 1.54) is 20.9 Å². The summed E-state index contributed by atoms with van der Waals surface area (Å²) in [6, 6.07) is 6.24. The van der Waals surface area contributed by atoms with Gasteiger partial charge < -0.3 is 21.1 Å². The number of hydrogen-bond acceptors (Lipinski definition) is 4. The van der Waals surface area contributed by atoms with E-state index in [0.717, 1.165) is 4.90 Å². The molecule has 0 spiro atoms. The Morgan fingerprint density at radius 2 is 1.76 bits per heavy atom. The van der Waals surface area contributed by atoms with Gasteiger partial charge in [-0.3, -0.25) is 9.59 Å². The Morgan fingerprint density at radius 1 is 1.24 bits per heavy atom. The van der Waals surface area contributed by atoms with Crippen LogP contribution in [0.3, 0.4) is 0 Å². The van der Waals surface area contributed by atoms with Gasteiger partial charge in [0.25, 0.3) is 5.91 Å². The highest BCUT2D eigenvalue weighted by molar-refractivity contribution is 5.97. The number of nitrogen functional groups attached to an aromatic ring is 1. The van der Waals surface area contributed by atoms with Crippen LogP contribution in [0.5, 0.6) is 0 Å². The summed E-state index contributed by atoms with van der Waals surface area (Å²) in [7, 11) is 1.38. The first-order valence-electron chi connectivity index (χ1n) is 6.30. The average molecular weight is 293 g/mol. The SMILES string of the molecule is CN(C(=O)CNC(=O)c1ccc(N)cc1)C(C)(C)C(=O)O. The lowest BCUT2D eigenvalue weighted by molar-refractivity contribution is -0.154. The van der Waals surface area contributed by atoms with Crippen LogP contribution >= 0.6 is 0 Å². The van der Waals surface area contributed by atoms with Crippen LogP contribution in [-0.2, 0) is 9.59 Å². The summed E-state index contributed by atoms with van der Waals surface area (Å²) in [5.74, 6) is -2.04. The van der Waals surface area contributed by atoms with Gasteiger partial charge >= 0.3 is 5.97 Å². The van der Waals surface area contributed by atoms with Crippen LogP contribution in [0.4, 0.5) is 5.69 Å². The molecule has 0 unspecified atom stereocenters. The molecule has 0 fully saturated rings. The molecule has 114 valence electrons. The lowest BCUT2D eigenvalue weighted by atomic mass is 10.0. The fourth-order valence-corrected chi connectivity index (χ4v) is 1.47. The fourth-order valence-electron chi connectivity index (χ4n) is 1.47. The number of likely N-dealkylation sites (N-methyl/N-ethyl adjacent to an activating group) is 1. The Kier molecular flexibility index (Phi) is 4.91. The first kappa shape index (κ1) is 16.5. The van der Waals surface area contributed by atoms with Crippen LogP contribution in [0.1, 0.15) is 24.2 Å². The zero-order chi connectivity index (χ0) is 16.2. The third kappa shape index (κ3) is 3.95. The first-order chi connectivity index (χ1) is 9.66. The van der Waals surface area contributed by atoms with E-state index in [1.807, 2.05) is 0 Å². The Balaban J connectivity index is 2.62. The summed E-state index contributed by atoms with van der Waals surface area (Å²) < 4.78 is 0. The summed E-state index contributed by atoms with van der Waals surface area (Å²) in [5.41, 5.74) is 5.08. The topological polar surface area (TPSA) is 113 Å². The number of carboxylic acids is 1. The summed E-state index contributed by atoms with van der Waals surface area (Å²) in [6.07, 6.45) is 0. The normalized spacial score (nSPS) is 10.8. The molecule has 0 aliphatic rings. The molecule has 0 aliphatic carbocycles. The molecule has 0 saturated carbocycles. The minimum absolute atomic E-state index is 0.281. The standard InChI is InChI=1S/C14H19N3O4/c1-14(2,13(20)21)17(3)11(18)8-16-12(19)9-4-6-10(15)7-5-9/h4-7H,8,15H2,1-3H3,(H,16,19)(H,20,21).